The summed E-state index contributed by atoms with van der Waals surface area (Å²) in [5, 5.41) is 0.106. The molecule has 1 amide bonds. The van der Waals surface area contributed by atoms with Gasteiger partial charge >= 0.3 is 6.18 Å². The molecular weight excluding hydrogens is 460 g/mol. The van der Waals surface area contributed by atoms with Gasteiger partial charge in [0.2, 0.25) is 0 Å². The predicted octanol–water partition coefficient (Wildman–Crippen LogP) is 5.80. The largest absolute Gasteiger partial charge is 0.431 e. The van der Waals surface area contributed by atoms with Crippen LogP contribution in [0.4, 0.5) is 17.6 Å². The molecule has 9 heteroatoms. The van der Waals surface area contributed by atoms with Crippen LogP contribution in [0.3, 0.4) is 0 Å². The summed E-state index contributed by atoms with van der Waals surface area (Å²) in [4.78, 5) is 15.1. The van der Waals surface area contributed by atoms with E-state index in [2.05, 4.69) is 0 Å². The van der Waals surface area contributed by atoms with Crippen LogP contribution in [-0.4, -0.2) is 41.7 Å². The zero-order valence-electron chi connectivity index (χ0n) is 17.8. The number of ether oxygens (including phenoxy) is 1. The number of rotatable bonds is 4. The van der Waals surface area contributed by atoms with Gasteiger partial charge in [0.25, 0.3) is 5.91 Å². The standard InChI is InChI=1S/C24H21ClF4N2O2/c1-15-20(18-8-7-17(25)13-19(18)26)21(23(32)30-9-11-33-12-10-30)31(22(15)24(27,28)29)14-16-5-3-2-4-6-16/h2-8,13H,9-12,14H2,1H3. The first-order valence-corrected chi connectivity index (χ1v) is 10.7. The zero-order valence-corrected chi connectivity index (χ0v) is 18.5. The molecule has 2 heterocycles. The van der Waals surface area contributed by atoms with Crippen molar-refractivity contribution in [1.29, 1.82) is 0 Å². The molecule has 0 aliphatic carbocycles. The lowest BCUT2D eigenvalue weighted by Gasteiger charge is -2.28. The van der Waals surface area contributed by atoms with Gasteiger partial charge in [0, 0.05) is 35.8 Å². The molecule has 1 aromatic heterocycles. The van der Waals surface area contributed by atoms with Crippen molar-refractivity contribution in [1.82, 2.24) is 9.47 Å². The maximum Gasteiger partial charge on any atom is 0.431 e. The van der Waals surface area contributed by atoms with E-state index in [0.717, 1.165) is 10.6 Å². The summed E-state index contributed by atoms with van der Waals surface area (Å²) in [6.07, 6.45) is -4.76. The van der Waals surface area contributed by atoms with E-state index < -0.39 is 23.6 Å². The highest BCUT2D eigenvalue weighted by Gasteiger charge is 2.42. The van der Waals surface area contributed by atoms with Gasteiger partial charge in [-0.25, -0.2) is 4.39 Å². The van der Waals surface area contributed by atoms with Crippen LogP contribution in [-0.2, 0) is 17.5 Å². The van der Waals surface area contributed by atoms with Gasteiger partial charge in [-0.1, -0.05) is 41.9 Å². The minimum Gasteiger partial charge on any atom is -0.378 e. The number of alkyl halides is 3. The number of benzene rings is 2. The average Bonchev–Trinajstić information content (AvgIpc) is 3.06. The molecule has 1 fully saturated rings. The summed E-state index contributed by atoms with van der Waals surface area (Å²) in [5.74, 6) is -1.40. The Kier molecular flexibility index (Phi) is 6.50. The number of aromatic nitrogens is 1. The van der Waals surface area contributed by atoms with Gasteiger partial charge < -0.3 is 14.2 Å². The number of halogens is 5. The normalized spacial score (nSPS) is 14.5. The molecule has 4 rings (SSSR count). The number of hydrogen-bond donors (Lipinski definition) is 0. The number of nitrogens with zero attached hydrogens (tertiary/aromatic N) is 2. The minimum absolute atomic E-state index is 0.0797. The monoisotopic (exact) mass is 480 g/mol. The Balaban J connectivity index is 2.01. The molecule has 0 unspecified atom stereocenters. The molecule has 0 saturated carbocycles. The van der Waals surface area contributed by atoms with Crippen molar-refractivity contribution in [2.75, 3.05) is 26.3 Å². The van der Waals surface area contributed by atoms with Crippen LogP contribution >= 0.6 is 11.6 Å². The fourth-order valence-corrected chi connectivity index (χ4v) is 4.35. The molecule has 0 radical (unpaired) electrons. The van der Waals surface area contributed by atoms with Gasteiger partial charge in [0.15, 0.2) is 0 Å². The van der Waals surface area contributed by atoms with Crippen molar-refractivity contribution in [3.05, 3.63) is 81.9 Å². The van der Waals surface area contributed by atoms with Crippen molar-refractivity contribution in [2.24, 2.45) is 0 Å². The highest BCUT2D eigenvalue weighted by molar-refractivity contribution is 6.30. The molecule has 1 aliphatic rings. The highest BCUT2D eigenvalue weighted by atomic mass is 35.5. The maximum absolute atomic E-state index is 14.9. The number of hydrogen-bond acceptors (Lipinski definition) is 2. The Bertz CT molecular complexity index is 1170. The third kappa shape index (κ3) is 4.63. The van der Waals surface area contributed by atoms with Crippen LogP contribution in [0.15, 0.2) is 48.5 Å². The van der Waals surface area contributed by atoms with Gasteiger partial charge in [-0.3, -0.25) is 4.79 Å². The van der Waals surface area contributed by atoms with E-state index in [1.54, 1.807) is 30.3 Å². The number of amides is 1. The number of carbonyl (C=O) groups excluding carboxylic acids is 1. The quantitative estimate of drug-likeness (QED) is 0.443. The fraction of sp³-hybridized carbons (Fsp3) is 0.292. The van der Waals surface area contributed by atoms with Crippen molar-refractivity contribution >= 4 is 17.5 Å². The van der Waals surface area contributed by atoms with Gasteiger partial charge in [0.05, 0.1) is 13.2 Å². The summed E-state index contributed by atoms with van der Waals surface area (Å²) in [6, 6.07) is 12.3. The molecule has 1 aliphatic heterocycles. The zero-order chi connectivity index (χ0) is 23.8. The topological polar surface area (TPSA) is 34.5 Å². The van der Waals surface area contributed by atoms with E-state index >= 15 is 0 Å². The molecule has 2 aromatic carbocycles. The third-order valence-corrected chi connectivity index (χ3v) is 5.90. The molecule has 4 nitrogen and oxygen atoms in total. The van der Waals surface area contributed by atoms with Crippen LogP contribution in [0.1, 0.15) is 27.3 Å². The smallest absolute Gasteiger partial charge is 0.378 e. The van der Waals surface area contributed by atoms with Crippen molar-refractivity contribution in [2.45, 2.75) is 19.6 Å². The van der Waals surface area contributed by atoms with Crippen LogP contribution < -0.4 is 0 Å². The lowest BCUT2D eigenvalue weighted by atomic mass is 9.99. The van der Waals surface area contributed by atoms with Gasteiger partial charge in [-0.2, -0.15) is 13.2 Å². The Morgan fingerprint density at radius 1 is 1.09 bits per heavy atom. The van der Waals surface area contributed by atoms with Crippen LogP contribution in [0, 0.1) is 12.7 Å². The average molecular weight is 481 g/mol. The second-order valence-corrected chi connectivity index (χ2v) is 8.23. The Morgan fingerprint density at radius 3 is 2.36 bits per heavy atom. The maximum atomic E-state index is 14.9. The summed E-state index contributed by atoms with van der Waals surface area (Å²) in [7, 11) is 0. The van der Waals surface area contributed by atoms with Crippen LogP contribution in [0.5, 0.6) is 0 Å². The van der Waals surface area contributed by atoms with E-state index in [4.69, 9.17) is 16.3 Å². The molecule has 3 aromatic rings. The highest BCUT2D eigenvalue weighted by Crippen LogP contribution is 2.42. The Hall–Kier alpha value is -2.84. The van der Waals surface area contributed by atoms with Crippen molar-refractivity contribution in [3.8, 4) is 11.1 Å². The Morgan fingerprint density at radius 2 is 1.76 bits per heavy atom. The Labute approximate surface area is 193 Å². The fourth-order valence-electron chi connectivity index (χ4n) is 4.20. The second kappa shape index (κ2) is 9.19. The molecule has 0 atom stereocenters. The van der Waals surface area contributed by atoms with Crippen LogP contribution in [0.25, 0.3) is 11.1 Å². The van der Waals surface area contributed by atoms with E-state index in [9.17, 15) is 22.4 Å². The van der Waals surface area contributed by atoms with E-state index in [1.807, 2.05) is 0 Å². The van der Waals surface area contributed by atoms with Gasteiger partial charge in [-0.15, -0.1) is 0 Å². The van der Waals surface area contributed by atoms with E-state index in [0.29, 0.717) is 5.56 Å². The molecule has 174 valence electrons. The number of morpholine rings is 1. The predicted molar refractivity (Wildman–Crippen MR) is 117 cm³/mol. The van der Waals surface area contributed by atoms with Crippen LogP contribution in [0.2, 0.25) is 5.02 Å². The molecule has 1 saturated heterocycles. The second-order valence-electron chi connectivity index (χ2n) is 7.80. The third-order valence-electron chi connectivity index (χ3n) is 5.66. The lowest BCUT2D eigenvalue weighted by molar-refractivity contribution is -0.143. The summed E-state index contributed by atoms with van der Waals surface area (Å²) >= 11 is 5.87. The molecular formula is C24H21ClF4N2O2. The van der Waals surface area contributed by atoms with Gasteiger partial charge in [-0.05, 0) is 36.2 Å². The van der Waals surface area contributed by atoms with Crippen molar-refractivity contribution < 1.29 is 27.1 Å². The molecule has 33 heavy (non-hydrogen) atoms. The summed E-state index contributed by atoms with van der Waals surface area (Å²) in [6.45, 7) is 2.10. The van der Waals surface area contributed by atoms with E-state index in [-0.39, 0.29) is 60.3 Å². The minimum atomic E-state index is -4.76. The van der Waals surface area contributed by atoms with Crippen molar-refractivity contribution in [3.63, 3.8) is 0 Å². The summed E-state index contributed by atoms with van der Waals surface area (Å²) in [5.41, 5.74) is -0.998. The lowest BCUT2D eigenvalue weighted by Crippen LogP contribution is -2.41. The first-order valence-electron chi connectivity index (χ1n) is 10.3. The summed E-state index contributed by atoms with van der Waals surface area (Å²) < 4.78 is 64.1. The molecule has 0 N–H and O–H groups in total. The number of carbonyl (C=O) groups is 1. The molecule has 0 spiro atoms. The first kappa shape index (κ1) is 23.3. The molecule has 0 bridgehead atoms. The first-order chi connectivity index (χ1) is 15.7. The SMILES string of the molecule is Cc1c(-c2ccc(Cl)cc2F)c(C(=O)N2CCOCC2)n(Cc2ccccc2)c1C(F)(F)F. The van der Waals surface area contributed by atoms with E-state index in [1.165, 1.54) is 24.0 Å². The van der Waals surface area contributed by atoms with Gasteiger partial charge in [0.1, 0.15) is 17.2 Å².